The molecule has 0 heterocycles. The molecule has 1 aromatic rings. The zero-order valence-corrected chi connectivity index (χ0v) is 9.26. The molecule has 3 aliphatic carbocycles. The van der Waals surface area contributed by atoms with E-state index in [1.54, 1.807) is 0 Å². The highest BCUT2D eigenvalue weighted by Gasteiger charge is 2.43. The molecule has 0 amide bonds. The summed E-state index contributed by atoms with van der Waals surface area (Å²) < 4.78 is 5.94. The molecule has 2 bridgehead atoms. The van der Waals surface area contributed by atoms with E-state index < -0.39 is 6.10 Å². The summed E-state index contributed by atoms with van der Waals surface area (Å²) in [7, 11) is 0. The van der Waals surface area contributed by atoms with Gasteiger partial charge in [-0.15, -0.1) is 0 Å². The summed E-state index contributed by atoms with van der Waals surface area (Å²) >= 11 is 0. The van der Waals surface area contributed by atoms with Crippen LogP contribution >= 0.6 is 0 Å². The highest BCUT2D eigenvalue weighted by molar-refractivity contribution is 5.21. The van der Waals surface area contributed by atoms with Crippen molar-refractivity contribution in [3.8, 4) is 5.75 Å². The molecule has 2 heteroatoms. The SMILES string of the molecule is [O]C1CC2CCC1C(Oc1cc[c]cc1)C2. The molecule has 84 valence electrons. The fourth-order valence-electron chi connectivity index (χ4n) is 3.14. The van der Waals surface area contributed by atoms with Gasteiger partial charge in [0.25, 0.3) is 0 Å². The van der Waals surface area contributed by atoms with Crippen LogP contribution in [0.15, 0.2) is 24.3 Å². The molecule has 3 fully saturated rings. The second-order valence-corrected chi connectivity index (χ2v) is 5.01. The number of ether oxygens (including phenoxy) is 1. The molecular weight excluding hydrogens is 200 g/mol. The number of rotatable bonds is 2. The van der Waals surface area contributed by atoms with Crippen LogP contribution in [0.4, 0.5) is 0 Å². The van der Waals surface area contributed by atoms with Crippen LogP contribution in [0.2, 0.25) is 0 Å². The van der Waals surface area contributed by atoms with Crippen molar-refractivity contribution in [2.24, 2.45) is 11.8 Å². The first-order valence-corrected chi connectivity index (χ1v) is 6.11. The monoisotopic (exact) mass is 216 g/mol. The molecule has 3 saturated carbocycles. The molecule has 16 heavy (non-hydrogen) atoms. The molecule has 3 aliphatic rings. The second kappa shape index (κ2) is 4.10. The van der Waals surface area contributed by atoms with E-state index >= 15 is 0 Å². The Morgan fingerprint density at radius 3 is 2.69 bits per heavy atom. The van der Waals surface area contributed by atoms with E-state index in [1.165, 1.54) is 6.42 Å². The topological polar surface area (TPSA) is 29.1 Å². The minimum absolute atomic E-state index is 0.150. The molecule has 0 spiro atoms. The van der Waals surface area contributed by atoms with Crippen molar-refractivity contribution in [1.82, 2.24) is 0 Å². The third-order valence-electron chi connectivity index (χ3n) is 3.97. The van der Waals surface area contributed by atoms with Crippen LogP contribution in [0, 0.1) is 17.9 Å². The minimum Gasteiger partial charge on any atom is -0.490 e. The lowest BCUT2D eigenvalue weighted by atomic mass is 9.67. The number of benzene rings is 1. The summed E-state index contributed by atoms with van der Waals surface area (Å²) in [6.45, 7) is 0. The van der Waals surface area contributed by atoms with Crippen LogP contribution in [0.5, 0.6) is 5.75 Å². The molecule has 2 nitrogen and oxygen atoms in total. The highest BCUT2D eigenvalue weighted by Crippen LogP contribution is 2.43. The van der Waals surface area contributed by atoms with Crippen molar-refractivity contribution in [3.63, 3.8) is 0 Å². The van der Waals surface area contributed by atoms with Crippen LogP contribution in [0.25, 0.3) is 0 Å². The number of hydrogen-bond donors (Lipinski definition) is 0. The van der Waals surface area contributed by atoms with Crippen LogP contribution in [0.3, 0.4) is 0 Å². The Bertz CT molecular complexity index is 349. The Kier molecular flexibility index (Phi) is 2.60. The molecule has 0 saturated heterocycles. The van der Waals surface area contributed by atoms with Crippen molar-refractivity contribution in [2.75, 3.05) is 0 Å². The van der Waals surface area contributed by atoms with Crippen LogP contribution in [-0.4, -0.2) is 12.2 Å². The lowest BCUT2D eigenvalue weighted by Crippen LogP contribution is -2.46. The van der Waals surface area contributed by atoms with Gasteiger partial charge in [-0.1, -0.05) is 12.1 Å². The summed E-state index contributed by atoms with van der Waals surface area (Å²) in [5.74, 6) is 1.71. The summed E-state index contributed by atoms with van der Waals surface area (Å²) in [5.41, 5.74) is 0. The maximum Gasteiger partial charge on any atom is 0.119 e. The molecule has 2 radical (unpaired) electrons. The maximum absolute atomic E-state index is 11.9. The van der Waals surface area contributed by atoms with Gasteiger partial charge in [0.1, 0.15) is 11.9 Å². The predicted octanol–water partition coefficient (Wildman–Crippen LogP) is 2.85. The van der Waals surface area contributed by atoms with Crippen molar-refractivity contribution in [1.29, 1.82) is 0 Å². The zero-order valence-electron chi connectivity index (χ0n) is 9.26. The zero-order chi connectivity index (χ0) is 11.0. The van der Waals surface area contributed by atoms with Crippen molar-refractivity contribution in [2.45, 2.75) is 37.9 Å². The Hall–Kier alpha value is -1.02. The maximum atomic E-state index is 11.9. The van der Waals surface area contributed by atoms with Crippen molar-refractivity contribution < 1.29 is 9.84 Å². The normalized spacial score (nSPS) is 37.3. The third kappa shape index (κ3) is 1.82. The smallest absolute Gasteiger partial charge is 0.119 e. The number of fused-ring (bicyclic) bond motifs is 3. The third-order valence-corrected chi connectivity index (χ3v) is 3.97. The van der Waals surface area contributed by atoms with Gasteiger partial charge in [-0.05, 0) is 49.8 Å². The van der Waals surface area contributed by atoms with Crippen LogP contribution in [0.1, 0.15) is 25.7 Å². The molecule has 4 unspecified atom stereocenters. The lowest BCUT2D eigenvalue weighted by Gasteiger charge is -2.44. The lowest BCUT2D eigenvalue weighted by molar-refractivity contribution is -0.0985. The van der Waals surface area contributed by atoms with Gasteiger partial charge in [0, 0.05) is 5.92 Å². The van der Waals surface area contributed by atoms with Gasteiger partial charge in [0.2, 0.25) is 0 Å². The minimum atomic E-state index is -0.396. The largest absolute Gasteiger partial charge is 0.490 e. The molecule has 1 aromatic carbocycles. The van der Waals surface area contributed by atoms with E-state index in [4.69, 9.17) is 4.74 Å². The highest BCUT2D eigenvalue weighted by atomic mass is 16.5. The molecular formula is C14H16O2. The average molecular weight is 216 g/mol. The Morgan fingerprint density at radius 2 is 2.00 bits per heavy atom. The van der Waals surface area contributed by atoms with Gasteiger partial charge >= 0.3 is 0 Å². The number of hydrogen-bond acceptors (Lipinski definition) is 1. The summed E-state index contributed by atoms with van der Waals surface area (Å²) in [6, 6.07) is 10.5. The first-order chi connectivity index (χ1) is 7.83. The Balaban J connectivity index is 1.72. The van der Waals surface area contributed by atoms with Crippen molar-refractivity contribution >= 4 is 0 Å². The quantitative estimate of drug-likeness (QED) is 0.747. The molecule has 4 rings (SSSR count). The van der Waals surface area contributed by atoms with Gasteiger partial charge in [0.15, 0.2) is 0 Å². The van der Waals surface area contributed by atoms with E-state index in [2.05, 4.69) is 6.07 Å². The van der Waals surface area contributed by atoms with Gasteiger partial charge in [0.05, 0.1) is 6.10 Å². The average Bonchev–Trinajstić information content (AvgIpc) is 2.30. The van der Waals surface area contributed by atoms with Crippen LogP contribution < -0.4 is 4.74 Å². The fourth-order valence-corrected chi connectivity index (χ4v) is 3.14. The summed E-state index contributed by atoms with van der Waals surface area (Å²) in [4.78, 5) is 0. The van der Waals surface area contributed by atoms with Crippen LogP contribution in [-0.2, 0) is 5.11 Å². The van der Waals surface area contributed by atoms with Gasteiger partial charge in [-0.25, -0.2) is 5.11 Å². The van der Waals surface area contributed by atoms with Crippen molar-refractivity contribution in [3.05, 3.63) is 30.3 Å². The first kappa shape index (κ1) is 10.2. The van der Waals surface area contributed by atoms with Gasteiger partial charge < -0.3 is 4.74 Å². The van der Waals surface area contributed by atoms with Gasteiger partial charge in [-0.2, -0.15) is 0 Å². The molecule has 0 aliphatic heterocycles. The van der Waals surface area contributed by atoms with E-state index in [0.717, 1.165) is 25.0 Å². The molecule has 0 N–H and O–H groups in total. The molecule has 4 atom stereocenters. The van der Waals surface area contributed by atoms with E-state index in [9.17, 15) is 5.11 Å². The Labute approximate surface area is 96.2 Å². The summed E-state index contributed by atoms with van der Waals surface area (Å²) in [6.07, 6.45) is 3.98. The first-order valence-electron chi connectivity index (χ1n) is 6.11. The predicted molar refractivity (Wildman–Crippen MR) is 59.6 cm³/mol. The second-order valence-electron chi connectivity index (χ2n) is 5.01. The Morgan fingerprint density at radius 1 is 1.19 bits per heavy atom. The summed E-state index contributed by atoms with van der Waals surface area (Å²) in [5, 5.41) is 11.9. The van der Waals surface area contributed by atoms with Gasteiger partial charge in [-0.3, -0.25) is 0 Å². The fraction of sp³-hybridized carbons (Fsp3) is 0.571. The van der Waals surface area contributed by atoms with E-state index in [-0.39, 0.29) is 12.0 Å². The standard InChI is InChI=1S/C14H16O2/c15-13-8-10-6-7-12(13)14(9-10)16-11-4-2-1-3-5-11/h2-5,10,12-14H,6-9H2. The molecule has 0 aromatic heterocycles. The van der Waals surface area contributed by atoms with E-state index in [1.807, 2.05) is 24.3 Å². The van der Waals surface area contributed by atoms with E-state index in [0.29, 0.717) is 5.92 Å².